The average Bonchev–Trinajstić information content (AvgIpc) is 2.74. The van der Waals surface area contributed by atoms with Gasteiger partial charge in [-0.3, -0.25) is 9.78 Å². The maximum atomic E-state index is 12.5. The molecule has 2 aromatic carbocycles. The smallest absolute Gasteiger partial charge is 0.251 e. The van der Waals surface area contributed by atoms with Gasteiger partial charge in [0, 0.05) is 23.7 Å². The third kappa shape index (κ3) is 5.68. The fourth-order valence-corrected chi connectivity index (χ4v) is 2.89. The highest BCUT2D eigenvalue weighted by Crippen LogP contribution is 2.15. The number of pyridine rings is 1. The SMILES string of the molecule is CCCC=CCCOc1cccc(CNC(=O)c2ccc3ncccc3c2)c1. The van der Waals surface area contributed by atoms with Gasteiger partial charge >= 0.3 is 0 Å². The van der Waals surface area contributed by atoms with Crippen LogP contribution in [-0.4, -0.2) is 17.5 Å². The summed E-state index contributed by atoms with van der Waals surface area (Å²) in [6.07, 6.45) is 9.28. The molecule has 0 bridgehead atoms. The summed E-state index contributed by atoms with van der Waals surface area (Å²) in [7, 11) is 0. The summed E-state index contributed by atoms with van der Waals surface area (Å²) in [6.45, 7) is 3.28. The van der Waals surface area contributed by atoms with E-state index < -0.39 is 0 Å². The molecule has 0 saturated carbocycles. The Morgan fingerprint density at radius 3 is 2.86 bits per heavy atom. The fourth-order valence-electron chi connectivity index (χ4n) is 2.89. The van der Waals surface area contributed by atoms with Crippen LogP contribution in [0.3, 0.4) is 0 Å². The van der Waals surface area contributed by atoms with E-state index in [0.29, 0.717) is 18.7 Å². The van der Waals surface area contributed by atoms with E-state index in [0.717, 1.165) is 35.1 Å². The van der Waals surface area contributed by atoms with Crippen LogP contribution in [0.15, 0.2) is 72.9 Å². The number of unbranched alkanes of at least 4 members (excludes halogenated alkanes) is 1. The lowest BCUT2D eigenvalue weighted by molar-refractivity contribution is 0.0951. The molecule has 0 spiro atoms. The predicted octanol–water partition coefficient (Wildman–Crippen LogP) is 5.29. The van der Waals surface area contributed by atoms with Crippen molar-refractivity contribution < 1.29 is 9.53 Å². The summed E-state index contributed by atoms with van der Waals surface area (Å²) in [5.74, 6) is 0.727. The van der Waals surface area contributed by atoms with Crippen LogP contribution < -0.4 is 10.1 Å². The molecular formula is C24H26N2O2. The number of nitrogens with zero attached hydrogens (tertiary/aromatic N) is 1. The quantitative estimate of drug-likeness (QED) is 0.409. The van der Waals surface area contributed by atoms with E-state index in [2.05, 4.69) is 29.4 Å². The van der Waals surface area contributed by atoms with Crippen LogP contribution in [0.4, 0.5) is 0 Å². The van der Waals surface area contributed by atoms with Gasteiger partial charge in [0.2, 0.25) is 0 Å². The molecule has 0 aliphatic heterocycles. The highest BCUT2D eigenvalue weighted by Gasteiger charge is 2.07. The Hall–Kier alpha value is -3.14. The summed E-state index contributed by atoms with van der Waals surface area (Å²) in [5.41, 5.74) is 2.52. The van der Waals surface area contributed by atoms with Crippen LogP contribution in [0.1, 0.15) is 42.1 Å². The maximum Gasteiger partial charge on any atom is 0.251 e. The Kier molecular flexibility index (Phi) is 7.19. The predicted molar refractivity (Wildman–Crippen MR) is 114 cm³/mol. The molecule has 1 heterocycles. The van der Waals surface area contributed by atoms with Gasteiger partial charge in [0.05, 0.1) is 12.1 Å². The monoisotopic (exact) mass is 374 g/mol. The Balaban J connectivity index is 1.52. The molecule has 3 aromatic rings. The molecule has 3 rings (SSSR count). The third-order valence-corrected chi connectivity index (χ3v) is 4.39. The summed E-state index contributed by atoms with van der Waals surface area (Å²) in [4.78, 5) is 16.8. The number of benzene rings is 2. The van der Waals surface area contributed by atoms with Crippen LogP contribution in [0.2, 0.25) is 0 Å². The number of amides is 1. The van der Waals surface area contributed by atoms with Crippen molar-refractivity contribution in [3.8, 4) is 5.75 Å². The first kappa shape index (κ1) is 19.6. The Morgan fingerprint density at radius 1 is 1.07 bits per heavy atom. The van der Waals surface area contributed by atoms with Gasteiger partial charge in [-0.1, -0.05) is 43.7 Å². The number of fused-ring (bicyclic) bond motifs is 1. The summed E-state index contributed by atoms with van der Waals surface area (Å²) in [5, 5.41) is 3.93. The van der Waals surface area contributed by atoms with Gasteiger partial charge in [-0.2, -0.15) is 0 Å². The molecule has 0 fully saturated rings. The first-order chi connectivity index (χ1) is 13.8. The molecule has 0 aliphatic carbocycles. The van der Waals surface area contributed by atoms with E-state index in [1.54, 1.807) is 12.3 Å². The zero-order valence-corrected chi connectivity index (χ0v) is 16.2. The summed E-state index contributed by atoms with van der Waals surface area (Å²) >= 11 is 0. The molecule has 144 valence electrons. The van der Waals surface area contributed by atoms with E-state index in [4.69, 9.17) is 4.74 Å². The highest BCUT2D eigenvalue weighted by atomic mass is 16.5. The van der Waals surface area contributed by atoms with Crippen molar-refractivity contribution in [2.75, 3.05) is 6.61 Å². The van der Waals surface area contributed by atoms with Gasteiger partial charge in [-0.25, -0.2) is 0 Å². The molecular weight excluding hydrogens is 348 g/mol. The van der Waals surface area contributed by atoms with Gasteiger partial charge in [-0.05, 0) is 54.8 Å². The molecule has 0 atom stereocenters. The van der Waals surface area contributed by atoms with Crippen LogP contribution in [-0.2, 0) is 6.54 Å². The zero-order chi connectivity index (χ0) is 19.6. The van der Waals surface area contributed by atoms with Gasteiger partial charge in [-0.15, -0.1) is 0 Å². The molecule has 1 aromatic heterocycles. The summed E-state index contributed by atoms with van der Waals surface area (Å²) < 4.78 is 5.80. The van der Waals surface area contributed by atoms with Crippen molar-refractivity contribution in [2.45, 2.75) is 32.7 Å². The molecule has 1 amide bonds. The molecule has 0 unspecified atom stereocenters. The van der Waals surface area contributed by atoms with Crippen molar-refractivity contribution in [1.29, 1.82) is 0 Å². The van der Waals surface area contributed by atoms with Crippen LogP contribution in [0.25, 0.3) is 10.9 Å². The van der Waals surface area contributed by atoms with E-state index >= 15 is 0 Å². The minimum Gasteiger partial charge on any atom is -0.493 e. The second kappa shape index (κ2) is 10.3. The second-order valence-corrected chi connectivity index (χ2v) is 6.64. The highest BCUT2D eigenvalue weighted by molar-refractivity contribution is 5.97. The van der Waals surface area contributed by atoms with E-state index in [1.807, 2.05) is 48.5 Å². The number of aromatic nitrogens is 1. The molecule has 4 heteroatoms. The number of hydrogen-bond acceptors (Lipinski definition) is 3. The van der Waals surface area contributed by atoms with Crippen molar-refractivity contribution >= 4 is 16.8 Å². The van der Waals surface area contributed by atoms with Crippen molar-refractivity contribution in [1.82, 2.24) is 10.3 Å². The normalized spacial score (nSPS) is 11.0. The Labute approximate surface area is 166 Å². The van der Waals surface area contributed by atoms with Crippen molar-refractivity contribution in [2.24, 2.45) is 0 Å². The third-order valence-electron chi connectivity index (χ3n) is 4.39. The Morgan fingerprint density at radius 2 is 1.96 bits per heavy atom. The number of rotatable bonds is 9. The first-order valence-electron chi connectivity index (χ1n) is 9.76. The van der Waals surface area contributed by atoms with E-state index in [9.17, 15) is 4.79 Å². The molecule has 0 saturated heterocycles. The summed E-state index contributed by atoms with van der Waals surface area (Å²) in [6, 6.07) is 17.2. The second-order valence-electron chi connectivity index (χ2n) is 6.64. The van der Waals surface area contributed by atoms with Crippen molar-refractivity contribution in [3.05, 3.63) is 84.1 Å². The lowest BCUT2D eigenvalue weighted by Crippen LogP contribution is -2.22. The minimum atomic E-state index is -0.0989. The largest absolute Gasteiger partial charge is 0.493 e. The van der Waals surface area contributed by atoms with Gasteiger partial charge in [0.15, 0.2) is 0 Å². The van der Waals surface area contributed by atoms with Crippen LogP contribution in [0, 0.1) is 0 Å². The average molecular weight is 374 g/mol. The lowest BCUT2D eigenvalue weighted by Gasteiger charge is -2.09. The molecule has 0 aliphatic rings. The maximum absolute atomic E-state index is 12.5. The van der Waals surface area contributed by atoms with Crippen molar-refractivity contribution in [3.63, 3.8) is 0 Å². The van der Waals surface area contributed by atoms with Gasteiger partial charge in [0.1, 0.15) is 5.75 Å². The molecule has 28 heavy (non-hydrogen) atoms. The number of allylic oxidation sites excluding steroid dienone is 1. The first-order valence-corrected chi connectivity index (χ1v) is 9.76. The number of carbonyl (C=O) groups is 1. The van der Waals surface area contributed by atoms with Crippen LogP contribution >= 0.6 is 0 Å². The minimum absolute atomic E-state index is 0.0989. The van der Waals surface area contributed by atoms with E-state index in [1.165, 1.54) is 6.42 Å². The standard InChI is InChI=1S/C24H26N2O2/c1-2-3-4-5-6-15-28-22-11-7-9-19(16-22)18-26-24(27)21-12-13-23-20(17-21)10-8-14-25-23/h4-5,7-14,16-17H,2-3,6,15,18H2,1H3,(H,26,27). The lowest BCUT2D eigenvalue weighted by atomic mass is 10.1. The topological polar surface area (TPSA) is 51.2 Å². The molecule has 4 nitrogen and oxygen atoms in total. The number of ether oxygens (including phenoxy) is 1. The number of carbonyl (C=O) groups excluding carboxylic acids is 1. The van der Waals surface area contributed by atoms with E-state index in [-0.39, 0.29) is 5.91 Å². The van der Waals surface area contributed by atoms with Gasteiger partial charge < -0.3 is 10.1 Å². The Bertz CT molecular complexity index is 950. The number of hydrogen-bond donors (Lipinski definition) is 1. The number of nitrogens with one attached hydrogen (secondary N) is 1. The molecule has 0 radical (unpaired) electrons. The van der Waals surface area contributed by atoms with Crippen LogP contribution in [0.5, 0.6) is 5.75 Å². The molecule has 1 N–H and O–H groups in total. The van der Waals surface area contributed by atoms with Gasteiger partial charge in [0.25, 0.3) is 5.91 Å². The fraction of sp³-hybridized carbons (Fsp3) is 0.250. The zero-order valence-electron chi connectivity index (χ0n) is 16.2.